The van der Waals surface area contributed by atoms with Crippen LogP contribution < -0.4 is 10.1 Å². The van der Waals surface area contributed by atoms with Gasteiger partial charge in [0.1, 0.15) is 28.9 Å². The number of hydrogen-bond donors (Lipinski definition) is 1. The minimum absolute atomic E-state index is 0.0276. The second kappa shape index (κ2) is 6.44. The Morgan fingerprint density at radius 1 is 1.29 bits per heavy atom. The number of aryl methyl sites for hydroxylation is 1. The molecule has 0 aliphatic rings. The number of nitrogens with zero attached hydrogens (tertiary/aromatic N) is 1. The van der Waals surface area contributed by atoms with Gasteiger partial charge in [0.2, 0.25) is 0 Å². The van der Waals surface area contributed by atoms with E-state index in [-0.39, 0.29) is 5.57 Å². The van der Waals surface area contributed by atoms with Gasteiger partial charge in [-0.3, -0.25) is 4.79 Å². The minimum atomic E-state index is -0.489. The third-order valence-corrected chi connectivity index (χ3v) is 2.76. The molecule has 5 heteroatoms. The number of carbonyl (C=O) groups is 1. The molecule has 0 saturated carbocycles. The van der Waals surface area contributed by atoms with Gasteiger partial charge in [-0.1, -0.05) is 0 Å². The molecule has 1 aromatic carbocycles. The van der Waals surface area contributed by atoms with E-state index in [4.69, 9.17) is 14.4 Å². The number of carbonyl (C=O) groups excluding carboxylic acids is 1. The molecule has 0 aliphatic carbocycles. The van der Waals surface area contributed by atoms with E-state index in [0.717, 1.165) is 0 Å². The molecule has 2 aromatic rings. The number of furan rings is 1. The van der Waals surface area contributed by atoms with Crippen molar-refractivity contribution in [3.8, 4) is 11.8 Å². The number of benzene rings is 1. The molecule has 0 fully saturated rings. The van der Waals surface area contributed by atoms with E-state index in [1.54, 1.807) is 50.4 Å². The van der Waals surface area contributed by atoms with Gasteiger partial charge >= 0.3 is 0 Å². The molecular formula is C16H14N2O3. The first-order valence-electron chi connectivity index (χ1n) is 6.26. The first kappa shape index (κ1) is 14.4. The van der Waals surface area contributed by atoms with E-state index in [0.29, 0.717) is 23.0 Å². The van der Waals surface area contributed by atoms with Gasteiger partial charge in [-0.25, -0.2) is 0 Å². The van der Waals surface area contributed by atoms with Gasteiger partial charge in [0, 0.05) is 11.8 Å². The minimum Gasteiger partial charge on any atom is -0.497 e. The second-order valence-electron chi connectivity index (χ2n) is 4.30. The maximum Gasteiger partial charge on any atom is 0.266 e. The SMILES string of the molecule is COc1ccc(NC(=O)/C(C#N)=C/c2ccc(C)o2)cc1. The van der Waals surface area contributed by atoms with Crippen molar-refractivity contribution in [2.24, 2.45) is 0 Å². The summed E-state index contributed by atoms with van der Waals surface area (Å²) in [5, 5.41) is 11.7. The predicted molar refractivity (Wildman–Crippen MR) is 78.7 cm³/mol. The van der Waals surface area contributed by atoms with Crippen molar-refractivity contribution in [2.45, 2.75) is 6.92 Å². The third-order valence-electron chi connectivity index (χ3n) is 2.76. The Morgan fingerprint density at radius 3 is 2.52 bits per heavy atom. The summed E-state index contributed by atoms with van der Waals surface area (Å²) in [6.45, 7) is 1.79. The van der Waals surface area contributed by atoms with Crippen LogP contribution in [-0.4, -0.2) is 13.0 Å². The monoisotopic (exact) mass is 282 g/mol. The van der Waals surface area contributed by atoms with E-state index < -0.39 is 5.91 Å². The van der Waals surface area contributed by atoms with Crippen LogP contribution in [0.2, 0.25) is 0 Å². The average molecular weight is 282 g/mol. The average Bonchev–Trinajstić information content (AvgIpc) is 2.90. The van der Waals surface area contributed by atoms with Crippen LogP contribution in [0, 0.1) is 18.3 Å². The highest BCUT2D eigenvalue weighted by atomic mass is 16.5. The molecule has 0 spiro atoms. The van der Waals surface area contributed by atoms with E-state index in [2.05, 4.69) is 5.32 Å². The molecule has 0 radical (unpaired) electrons. The summed E-state index contributed by atoms with van der Waals surface area (Å²) in [4.78, 5) is 12.0. The molecule has 21 heavy (non-hydrogen) atoms. The number of nitriles is 1. The summed E-state index contributed by atoms with van der Waals surface area (Å²) in [7, 11) is 1.56. The summed E-state index contributed by atoms with van der Waals surface area (Å²) in [5.41, 5.74) is 0.553. The summed E-state index contributed by atoms with van der Waals surface area (Å²) in [6.07, 6.45) is 1.41. The van der Waals surface area contributed by atoms with Gasteiger partial charge in [-0.05, 0) is 43.3 Å². The Morgan fingerprint density at radius 2 is 2.00 bits per heavy atom. The van der Waals surface area contributed by atoms with Crippen LogP contribution in [0.5, 0.6) is 5.75 Å². The standard InChI is InChI=1S/C16H14N2O3/c1-11-3-6-15(21-11)9-12(10-17)16(19)18-13-4-7-14(20-2)8-5-13/h3-9H,1-2H3,(H,18,19)/b12-9+. The van der Waals surface area contributed by atoms with E-state index in [1.807, 2.05) is 6.07 Å². The summed E-state index contributed by atoms with van der Waals surface area (Å²) in [6, 6.07) is 12.2. The van der Waals surface area contributed by atoms with Crippen LogP contribution in [0.1, 0.15) is 11.5 Å². The summed E-state index contributed by atoms with van der Waals surface area (Å²) < 4.78 is 10.4. The number of ether oxygens (including phenoxy) is 1. The van der Waals surface area contributed by atoms with Crippen LogP contribution in [0.4, 0.5) is 5.69 Å². The molecule has 0 atom stereocenters. The topological polar surface area (TPSA) is 75.3 Å². The van der Waals surface area contributed by atoms with Crippen LogP contribution in [0.25, 0.3) is 6.08 Å². The van der Waals surface area contributed by atoms with Gasteiger partial charge in [-0.15, -0.1) is 0 Å². The molecule has 0 unspecified atom stereocenters. The molecule has 2 rings (SSSR count). The first-order chi connectivity index (χ1) is 10.1. The lowest BCUT2D eigenvalue weighted by atomic mass is 10.2. The Kier molecular flexibility index (Phi) is 4.42. The third kappa shape index (κ3) is 3.74. The zero-order valence-corrected chi connectivity index (χ0v) is 11.7. The predicted octanol–water partition coefficient (Wildman–Crippen LogP) is 3.14. The van der Waals surface area contributed by atoms with E-state index >= 15 is 0 Å². The van der Waals surface area contributed by atoms with Gasteiger partial charge in [0.15, 0.2) is 0 Å². The van der Waals surface area contributed by atoms with Crippen LogP contribution >= 0.6 is 0 Å². The van der Waals surface area contributed by atoms with Crippen molar-refractivity contribution >= 4 is 17.7 Å². The fraction of sp³-hybridized carbons (Fsp3) is 0.125. The number of anilines is 1. The lowest BCUT2D eigenvalue weighted by Crippen LogP contribution is -2.13. The number of amides is 1. The molecule has 0 saturated heterocycles. The Hall–Kier alpha value is -3.00. The number of hydrogen-bond acceptors (Lipinski definition) is 4. The zero-order valence-electron chi connectivity index (χ0n) is 11.7. The summed E-state index contributed by atoms with van der Waals surface area (Å²) >= 11 is 0. The molecule has 1 N–H and O–H groups in total. The largest absolute Gasteiger partial charge is 0.497 e. The number of nitrogens with one attached hydrogen (secondary N) is 1. The van der Waals surface area contributed by atoms with Crippen molar-refractivity contribution in [1.82, 2.24) is 0 Å². The maximum absolute atomic E-state index is 12.0. The lowest BCUT2D eigenvalue weighted by molar-refractivity contribution is -0.112. The van der Waals surface area contributed by atoms with Crippen molar-refractivity contribution < 1.29 is 13.9 Å². The molecule has 0 bridgehead atoms. The van der Waals surface area contributed by atoms with Gasteiger partial charge in [0.25, 0.3) is 5.91 Å². The second-order valence-corrected chi connectivity index (χ2v) is 4.30. The van der Waals surface area contributed by atoms with Crippen molar-refractivity contribution in [1.29, 1.82) is 5.26 Å². The highest BCUT2D eigenvalue weighted by Gasteiger charge is 2.10. The van der Waals surface area contributed by atoms with E-state index in [1.165, 1.54) is 6.08 Å². The Balaban J connectivity index is 2.13. The zero-order chi connectivity index (χ0) is 15.2. The quantitative estimate of drug-likeness (QED) is 0.690. The number of methoxy groups -OCH3 is 1. The molecular weight excluding hydrogens is 268 g/mol. The highest BCUT2D eigenvalue weighted by Crippen LogP contribution is 2.16. The van der Waals surface area contributed by atoms with Crippen LogP contribution in [0.3, 0.4) is 0 Å². The lowest BCUT2D eigenvalue weighted by Gasteiger charge is -2.05. The van der Waals surface area contributed by atoms with Gasteiger partial charge in [-0.2, -0.15) is 5.26 Å². The molecule has 1 aromatic heterocycles. The fourth-order valence-corrected chi connectivity index (χ4v) is 1.69. The molecule has 5 nitrogen and oxygen atoms in total. The van der Waals surface area contributed by atoms with Crippen LogP contribution in [-0.2, 0) is 4.79 Å². The highest BCUT2D eigenvalue weighted by molar-refractivity contribution is 6.09. The molecule has 0 aliphatic heterocycles. The first-order valence-corrected chi connectivity index (χ1v) is 6.26. The normalized spacial score (nSPS) is 10.8. The summed E-state index contributed by atoms with van der Waals surface area (Å²) in [5.74, 6) is 1.38. The number of rotatable bonds is 4. The van der Waals surface area contributed by atoms with Crippen molar-refractivity contribution in [2.75, 3.05) is 12.4 Å². The smallest absolute Gasteiger partial charge is 0.266 e. The maximum atomic E-state index is 12.0. The van der Waals surface area contributed by atoms with Crippen molar-refractivity contribution in [3.05, 3.63) is 53.5 Å². The Labute approximate surface area is 122 Å². The van der Waals surface area contributed by atoms with Gasteiger partial charge < -0.3 is 14.5 Å². The molecule has 106 valence electrons. The van der Waals surface area contributed by atoms with Crippen molar-refractivity contribution in [3.63, 3.8) is 0 Å². The molecule has 1 heterocycles. The van der Waals surface area contributed by atoms with Gasteiger partial charge in [0.05, 0.1) is 7.11 Å². The van der Waals surface area contributed by atoms with E-state index in [9.17, 15) is 4.79 Å². The Bertz CT molecular complexity index is 706. The molecule has 1 amide bonds. The fourth-order valence-electron chi connectivity index (χ4n) is 1.69. The van der Waals surface area contributed by atoms with Crippen LogP contribution in [0.15, 0.2) is 46.4 Å².